The zero-order chi connectivity index (χ0) is 10.1. The van der Waals surface area contributed by atoms with Crippen LogP contribution in [0.4, 0.5) is 0 Å². The van der Waals surface area contributed by atoms with E-state index in [9.17, 15) is 4.79 Å². The van der Waals surface area contributed by atoms with Crippen molar-refractivity contribution >= 4 is 6.08 Å². The molecule has 70 valence electrons. The maximum atomic E-state index is 10.3. The van der Waals surface area contributed by atoms with Gasteiger partial charge in [0.2, 0.25) is 6.08 Å². The SMILES string of the molecule is CC1C(C)(C)CC#CC1(C)N=C=O. The molecule has 2 atom stereocenters. The molecule has 2 unspecified atom stereocenters. The van der Waals surface area contributed by atoms with E-state index in [0.29, 0.717) is 0 Å². The zero-order valence-corrected chi connectivity index (χ0v) is 8.64. The zero-order valence-electron chi connectivity index (χ0n) is 8.64. The van der Waals surface area contributed by atoms with E-state index in [-0.39, 0.29) is 11.3 Å². The van der Waals surface area contributed by atoms with Crippen molar-refractivity contribution in [3.63, 3.8) is 0 Å². The van der Waals surface area contributed by atoms with Gasteiger partial charge in [0.25, 0.3) is 0 Å². The summed E-state index contributed by atoms with van der Waals surface area (Å²) in [5.74, 6) is 6.36. The number of isocyanates is 1. The normalized spacial score (nSPS) is 35.5. The number of hydrogen-bond acceptors (Lipinski definition) is 2. The lowest BCUT2D eigenvalue weighted by atomic mass is 9.66. The third-order valence-corrected chi connectivity index (χ3v) is 3.18. The Morgan fingerprint density at radius 2 is 2.08 bits per heavy atom. The molecule has 0 aromatic rings. The predicted octanol–water partition coefficient (Wildman–Crippen LogP) is 2.15. The Morgan fingerprint density at radius 1 is 1.46 bits per heavy atom. The smallest absolute Gasteiger partial charge is 0.211 e. The van der Waals surface area contributed by atoms with Gasteiger partial charge in [0.1, 0.15) is 5.54 Å². The fraction of sp³-hybridized carbons (Fsp3) is 0.727. The van der Waals surface area contributed by atoms with Crippen molar-refractivity contribution in [1.82, 2.24) is 0 Å². The van der Waals surface area contributed by atoms with Crippen LogP contribution in [0.2, 0.25) is 0 Å². The quantitative estimate of drug-likeness (QED) is 0.343. The fourth-order valence-electron chi connectivity index (χ4n) is 1.69. The molecule has 0 saturated heterocycles. The molecule has 0 N–H and O–H groups in total. The summed E-state index contributed by atoms with van der Waals surface area (Å²) in [7, 11) is 0. The van der Waals surface area contributed by atoms with Crippen LogP contribution in [-0.4, -0.2) is 11.6 Å². The van der Waals surface area contributed by atoms with Crippen molar-refractivity contribution < 1.29 is 4.79 Å². The molecule has 2 heteroatoms. The number of aliphatic imine (C=N–C) groups is 1. The van der Waals surface area contributed by atoms with Gasteiger partial charge in [-0.05, 0) is 18.3 Å². The Labute approximate surface area is 79.4 Å². The largest absolute Gasteiger partial charge is 0.236 e. The molecule has 0 spiro atoms. The second-order valence-electron chi connectivity index (χ2n) is 4.54. The summed E-state index contributed by atoms with van der Waals surface area (Å²) in [5, 5.41) is 0. The lowest BCUT2D eigenvalue weighted by Crippen LogP contribution is -2.41. The van der Waals surface area contributed by atoms with E-state index >= 15 is 0 Å². The molecule has 1 rings (SSSR count). The second kappa shape index (κ2) is 3.01. The summed E-state index contributed by atoms with van der Waals surface area (Å²) < 4.78 is 0. The van der Waals surface area contributed by atoms with Crippen molar-refractivity contribution in [2.45, 2.75) is 39.7 Å². The minimum atomic E-state index is -0.538. The lowest BCUT2D eigenvalue weighted by Gasteiger charge is -2.40. The van der Waals surface area contributed by atoms with E-state index in [1.165, 1.54) is 0 Å². The molecule has 0 fully saturated rings. The highest BCUT2D eigenvalue weighted by molar-refractivity contribution is 5.39. The predicted molar refractivity (Wildman–Crippen MR) is 51.9 cm³/mol. The van der Waals surface area contributed by atoms with Crippen LogP contribution >= 0.6 is 0 Å². The first-order valence-electron chi connectivity index (χ1n) is 4.51. The Hall–Kier alpha value is -1.06. The molecule has 0 aromatic carbocycles. The highest BCUT2D eigenvalue weighted by Gasteiger charge is 2.41. The molecule has 0 saturated carbocycles. The minimum Gasteiger partial charge on any atom is -0.211 e. The van der Waals surface area contributed by atoms with Crippen molar-refractivity contribution in [2.75, 3.05) is 0 Å². The molecule has 13 heavy (non-hydrogen) atoms. The molecular weight excluding hydrogens is 162 g/mol. The van der Waals surface area contributed by atoms with Gasteiger partial charge in [0.05, 0.1) is 0 Å². The van der Waals surface area contributed by atoms with E-state index in [0.717, 1.165) is 6.42 Å². The molecule has 1 aliphatic carbocycles. The fourth-order valence-corrected chi connectivity index (χ4v) is 1.69. The second-order valence-corrected chi connectivity index (χ2v) is 4.54. The molecule has 1 aliphatic rings. The summed E-state index contributed by atoms with van der Waals surface area (Å²) in [6.07, 6.45) is 2.49. The first-order chi connectivity index (χ1) is 5.92. The monoisotopic (exact) mass is 177 g/mol. The van der Waals surface area contributed by atoms with Crippen molar-refractivity contribution in [1.29, 1.82) is 0 Å². The van der Waals surface area contributed by atoms with Crippen molar-refractivity contribution in [2.24, 2.45) is 16.3 Å². The summed E-state index contributed by atoms with van der Waals surface area (Å²) in [6.45, 7) is 8.30. The van der Waals surface area contributed by atoms with Crippen molar-refractivity contribution in [3.05, 3.63) is 0 Å². The molecule has 0 aliphatic heterocycles. The first-order valence-corrected chi connectivity index (χ1v) is 4.51. The van der Waals surface area contributed by atoms with Crippen LogP contribution in [0.1, 0.15) is 34.1 Å². The van der Waals surface area contributed by atoms with Gasteiger partial charge in [-0.15, -0.1) is 5.92 Å². The number of hydrogen-bond donors (Lipinski definition) is 0. The van der Waals surface area contributed by atoms with Crippen molar-refractivity contribution in [3.8, 4) is 11.8 Å². The molecule has 0 amide bonds. The topological polar surface area (TPSA) is 29.4 Å². The molecule has 0 heterocycles. The van der Waals surface area contributed by atoms with Gasteiger partial charge >= 0.3 is 0 Å². The summed E-state index contributed by atoms with van der Waals surface area (Å²) in [5.41, 5.74) is -0.413. The van der Waals surface area contributed by atoms with Gasteiger partial charge in [-0.3, -0.25) is 0 Å². The summed E-state index contributed by atoms with van der Waals surface area (Å²) >= 11 is 0. The van der Waals surface area contributed by atoms with Gasteiger partial charge in [-0.2, -0.15) is 4.99 Å². The highest BCUT2D eigenvalue weighted by atomic mass is 16.1. The van der Waals surface area contributed by atoms with E-state index < -0.39 is 5.54 Å². The first kappa shape index (κ1) is 10.0. The van der Waals surface area contributed by atoms with E-state index in [4.69, 9.17) is 0 Å². The highest BCUT2D eigenvalue weighted by Crippen LogP contribution is 2.41. The molecular formula is C11H15NO. The number of rotatable bonds is 1. The summed E-state index contributed by atoms with van der Waals surface area (Å²) in [6, 6.07) is 0. The third-order valence-electron chi connectivity index (χ3n) is 3.18. The van der Waals surface area contributed by atoms with Gasteiger partial charge in [0, 0.05) is 6.42 Å². The van der Waals surface area contributed by atoms with Gasteiger partial charge in [-0.25, -0.2) is 4.79 Å². The average Bonchev–Trinajstić information content (AvgIpc) is 2.01. The van der Waals surface area contributed by atoms with E-state index in [1.807, 2.05) is 6.92 Å². The Morgan fingerprint density at radius 3 is 2.62 bits per heavy atom. The molecule has 2 nitrogen and oxygen atoms in total. The average molecular weight is 177 g/mol. The number of nitrogens with zero attached hydrogens (tertiary/aromatic N) is 1. The van der Waals surface area contributed by atoms with Gasteiger partial charge < -0.3 is 0 Å². The van der Waals surface area contributed by atoms with Crippen LogP contribution in [0.3, 0.4) is 0 Å². The van der Waals surface area contributed by atoms with Crippen LogP contribution in [0.15, 0.2) is 4.99 Å². The Balaban J connectivity index is 3.12. The van der Waals surface area contributed by atoms with Crippen LogP contribution in [0, 0.1) is 23.2 Å². The third kappa shape index (κ3) is 1.66. The van der Waals surface area contributed by atoms with Crippen LogP contribution in [0.25, 0.3) is 0 Å². The standard InChI is InChI=1S/C11H15NO/c1-9-10(2,3)6-5-7-11(9,4)12-8-13/h9H,6H2,1-4H3. The molecule has 0 radical (unpaired) electrons. The van der Waals surface area contributed by atoms with Crippen LogP contribution in [0.5, 0.6) is 0 Å². The Bertz CT molecular complexity index is 315. The van der Waals surface area contributed by atoms with E-state index in [1.54, 1.807) is 6.08 Å². The maximum Gasteiger partial charge on any atom is 0.236 e. The molecule has 0 aromatic heterocycles. The maximum absolute atomic E-state index is 10.3. The van der Waals surface area contributed by atoms with Crippen LogP contribution < -0.4 is 0 Å². The minimum absolute atomic E-state index is 0.125. The van der Waals surface area contributed by atoms with Gasteiger partial charge in [-0.1, -0.05) is 26.7 Å². The van der Waals surface area contributed by atoms with E-state index in [2.05, 4.69) is 37.6 Å². The summed E-state index contributed by atoms with van der Waals surface area (Å²) in [4.78, 5) is 14.1. The molecule has 0 bridgehead atoms. The van der Waals surface area contributed by atoms with Crippen LogP contribution in [-0.2, 0) is 4.79 Å². The lowest BCUT2D eigenvalue weighted by molar-refractivity contribution is 0.170. The van der Waals surface area contributed by atoms with Gasteiger partial charge in [0.15, 0.2) is 0 Å². The number of carbonyl (C=O) groups excluding carboxylic acids is 1. The Kier molecular flexibility index (Phi) is 2.32.